The summed E-state index contributed by atoms with van der Waals surface area (Å²) in [6.45, 7) is 1.84. The van der Waals surface area contributed by atoms with Crippen molar-refractivity contribution < 1.29 is 8.78 Å². The van der Waals surface area contributed by atoms with E-state index in [1.807, 2.05) is 0 Å². The fraction of sp³-hybridized carbons (Fsp3) is 0.571. The Morgan fingerprint density at radius 3 is 2.65 bits per heavy atom. The van der Waals surface area contributed by atoms with E-state index < -0.39 is 5.92 Å². The molecule has 0 saturated carbocycles. The summed E-state index contributed by atoms with van der Waals surface area (Å²) >= 11 is 0. The molecular formula is C14H19F2N. The molecular weight excluding hydrogens is 220 g/mol. The second-order valence-electron chi connectivity index (χ2n) is 4.82. The molecule has 2 rings (SSSR count). The topological polar surface area (TPSA) is 12.0 Å². The minimum absolute atomic E-state index is 0.0152. The van der Waals surface area contributed by atoms with Crippen LogP contribution in [-0.4, -0.2) is 13.1 Å². The highest BCUT2D eigenvalue weighted by Gasteiger charge is 2.34. The third-order valence-corrected chi connectivity index (χ3v) is 3.44. The standard InChI is InChI=1S/C14H19F2N/c15-14(16,13-6-2-1-3-7-13)11-12-5-4-9-17-10-8-12/h1-3,6-7,12,17H,4-5,8-11H2. The first-order valence-electron chi connectivity index (χ1n) is 6.32. The molecule has 0 aromatic heterocycles. The Labute approximate surface area is 101 Å². The molecule has 94 valence electrons. The molecule has 0 bridgehead atoms. The maximum atomic E-state index is 14.1. The molecule has 3 heteroatoms. The van der Waals surface area contributed by atoms with Crippen LogP contribution < -0.4 is 5.32 Å². The van der Waals surface area contributed by atoms with E-state index in [0.29, 0.717) is 0 Å². The van der Waals surface area contributed by atoms with Gasteiger partial charge in [-0.2, -0.15) is 0 Å². The second kappa shape index (κ2) is 5.58. The van der Waals surface area contributed by atoms with Crippen molar-refractivity contribution in [1.29, 1.82) is 0 Å². The van der Waals surface area contributed by atoms with E-state index in [0.717, 1.165) is 32.4 Å². The quantitative estimate of drug-likeness (QED) is 0.850. The van der Waals surface area contributed by atoms with Crippen molar-refractivity contribution in [3.05, 3.63) is 35.9 Å². The minimum atomic E-state index is -2.68. The van der Waals surface area contributed by atoms with Crippen LogP contribution in [0.3, 0.4) is 0 Å². The van der Waals surface area contributed by atoms with Crippen LogP contribution in [0.4, 0.5) is 8.78 Å². The molecule has 1 nitrogen and oxygen atoms in total. The summed E-state index contributed by atoms with van der Waals surface area (Å²) in [5.74, 6) is -2.55. The molecule has 1 aliphatic rings. The molecule has 1 N–H and O–H groups in total. The molecule has 1 heterocycles. The van der Waals surface area contributed by atoms with Gasteiger partial charge in [-0.15, -0.1) is 0 Å². The van der Waals surface area contributed by atoms with E-state index in [1.165, 1.54) is 12.1 Å². The number of benzene rings is 1. The van der Waals surface area contributed by atoms with Gasteiger partial charge in [-0.1, -0.05) is 30.3 Å². The molecule has 1 aromatic carbocycles. The van der Waals surface area contributed by atoms with Gasteiger partial charge in [0, 0.05) is 12.0 Å². The summed E-state index contributed by atoms with van der Waals surface area (Å²) in [5, 5.41) is 3.26. The molecule has 1 fully saturated rings. The lowest BCUT2D eigenvalue weighted by Crippen LogP contribution is -2.20. The van der Waals surface area contributed by atoms with Gasteiger partial charge in [0.2, 0.25) is 0 Å². The summed E-state index contributed by atoms with van der Waals surface area (Å²) in [6.07, 6.45) is 2.77. The largest absolute Gasteiger partial charge is 0.317 e. The number of rotatable bonds is 3. The van der Waals surface area contributed by atoms with Crippen molar-refractivity contribution in [3.63, 3.8) is 0 Å². The maximum absolute atomic E-state index is 14.1. The van der Waals surface area contributed by atoms with E-state index in [-0.39, 0.29) is 17.9 Å². The van der Waals surface area contributed by atoms with Crippen LogP contribution in [0.2, 0.25) is 0 Å². The number of halogens is 2. The van der Waals surface area contributed by atoms with E-state index in [4.69, 9.17) is 0 Å². The summed E-state index contributed by atoms with van der Waals surface area (Å²) in [4.78, 5) is 0. The van der Waals surface area contributed by atoms with Gasteiger partial charge in [-0.3, -0.25) is 0 Å². The summed E-state index contributed by atoms with van der Waals surface area (Å²) in [6, 6.07) is 8.18. The van der Waals surface area contributed by atoms with E-state index in [9.17, 15) is 8.78 Å². The van der Waals surface area contributed by atoms with Crippen LogP contribution in [-0.2, 0) is 5.92 Å². The number of alkyl halides is 2. The van der Waals surface area contributed by atoms with Crippen LogP contribution in [0.1, 0.15) is 31.2 Å². The van der Waals surface area contributed by atoms with Crippen molar-refractivity contribution in [2.75, 3.05) is 13.1 Å². The summed E-state index contributed by atoms with van der Waals surface area (Å²) < 4.78 is 28.1. The first kappa shape index (κ1) is 12.5. The highest BCUT2D eigenvalue weighted by Crippen LogP contribution is 2.37. The molecule has 1 unspecified atom stereocenters. The third kappa shape index (κ3) is 3.50. The Bertz CT molecular complexity index is 329. The van der Waals surface area contributed by atoms with Gasteiger partial charge in [0.05, 0.1) is 0 Å². The molecule has 0 aliphatic carbocycles. The van der Waals surface area contributed by atoms with Crippen LogP contribution in [0.5, 0.6) is 0 Å². The zero-order valence-corrected chi connectivity index (χ0v) is 9.96. The minimum Gasteiger partial charge on any atom is -0.317 e. The maximum Gasteiger partial charge on any atom is 0.273 e. The van der Waals surface area contributed by atoms with E-state index in [2.05, 4.69) is 5.32 Å². The van der Waals surface area contributed by atoms with Crippen molar-refractivity contribution in [2.45, 2.75) is 31.6 Å². The number of hydrogen-bond acceptors (Lipinski definition) is 1. The highest BCUT2D eigenvalue weighted by atomic mass is 19.3. The Hall–Kier alpha value is -0.960. The fourth-order valence-corrected chi connectivity index (χ4v) is 2.46. The molecule has 1 aromatic rings. The third-order valence-electron chi connectivity index (χ3n) is 3.44. The predicted molar refractivity (Wildman–Crippen MR) is 65.2 cm³/mol. The van der Waals surface area contributed by atoms with Gasteiger partial charge in [0.25, 0.3) is 5.92 Å². The van der Waals surface area contributed by atoms with E-state index >= 15 is 0 Å². The lowest BCUT2D eigenvalue weighted by atomic mass is 9.90. The smallest absolute Gasteiger partial charge is 0.273 e. The second-order valence-corrected chi connectivity index (χ2v) is 4.82. The van der Waals surface area contributed by atoms with Gasteiger partial charge < -0.3 is 5.32 Å². The van der Waals surface area contributed by atoms with Crippen molar-refractivity contribution in [1.82, 2.24) is 5.32 Å². The molecule has 0 amide bonds. The van der Waals surface area contributed by atoms with Crippen LogP contribution in [0.25, 0.3) is 0 Å². The van der Waals surface area contributed by atoms with Crippen molar-refractivity contribution >= 4 is 0 Å². The highest BCUT2D eigenvalue weighted by molar-refractivity contribution is 5.19. The monoisotopic (exact) mass is 239 g/mol. The average Bonchev–Trinajstić information content (AvgIpc) is 2.58. The van der Waals surface area contributed by atoms with Gasteiger partial charge in [-0.05, 0) is 38.3 Å². The Kier molecular flexibility index (Phi) is 4.11. The summed E-state index contributed by atoms with van der Waals surface area (Å²) in [7, 11) is 0. The van der Waals surface area contributed by atoms with Crippen molar-refractivity contribution in [3.8, 4) is 0 Å². The Balaban J connectivity index is 2.01. The molecule has 0 radical (unpaired) electrons. The molecule has 0 spiro atoms. The first-order valence-corrected chi connectivity index (χ1v) is 6.32. The Morgan fingerprint density at radius 1 is 1.12 bits per heavy atom. The average molecular weight is 239 g/mol. The van der Waals surface area contributed by atoms with Crippen LogP contribution in [0.15, 0.2) is 30.3 Å². The zero-order chi connectivity index (χ0) is 12.1. The van der Waals surface area contributed by atoms with Gasteiger partial charge in [-0.25, -0.2) is 8.78 Å². The molecule has 1 aliphatic heterocycles. The normalized spacial score (nSPS) is 22.1. The van der Waals surface area contributed by atoms with Crippen LogP contribution in [0, 0.1) is 5.92 Å². The fourth-order valence-electron chi connectivity index (χ4n) is 2.46. The molecule has 17 heavy (non-hydrogen) atoms. The number of nitrogens with one attached hydrogen (secondary N) is 1. The van der Waals surface area contributed by atoms with Crippen LogP contribution >= 0.6 is 0 Å². The lowest BCUT2D eigenvalue weighted by Gasteiger charge is -2.22. The zero-order valence-electron chi connectivity index (χ0n) is 9.96. The Morgan fingerprint density at radius 2 is 1.88 bits per heavy atom. The SMILES string of the molecule is FC(F)(CC1CCCNCC1)c1ccccc1. The first-order chi connectivity index (χ1) is 8.18. The molecule has 1 saturated heterocycles. The number of hydrogen-bond donors (Lipinski definition) is 1. The van der Waals surface area contributed by atoms with Gasteiger partial charge >= 0.3 is 0 Å². The van der Waals surface area contributed by atoms with Gasteiger partial charge in [0.15, 0.2) is 0 Å². The summed E-state index contributed by atoms with van der Waals surface area (Å²) in [5.41, 5.74) is 0.150. The van der Waals surface area contributed by atoms with Gasteiger partial charge in [0.1, 0.15) is 0 Å². The van der Waals surface area contributed by atoms with E-state index in [1.54, 1.807) is 18.2 Å². The lowest BCUT2D eigenvalue weighted by molar-refractivity contribution is -0.0305. The predicted octanol–water partition coefficient (Wildman–Crippen LogP) is 3.56. The van der Waals surface area contributed by atoms with Crippen molar-refractivity contribution in [2.24, 2.45) is 5.92 Å². The molecule has 1 atom stereocenters.